The highest BCUT2D eigenvalue weighted by Crippen LogP contribution is 2.30. The van der Waals surface area contributed by atoms with E-state index in [9.17, 15) is 10.1 Å². The van der Waals surface area contributed by atoms with E-state index in [2.05, 4.69) is 24.1 Å². The molecule has 1 atom stereocenters. The van der Waals surface area contributed by atoms with Crippen molar-refractivity contribution < 1.29 is 4.92 Å². The molecule has 0 aliphatic carbocycles. The average Bonchev–Trinajstić information content (AvgIpc) is 2.72. The monoisotopic (exact) mass is 305 g/mol. The number of rotatable bonds is 4. The van der Waals surface area contributed by atoms with Crippen molar-refractivity contribution in [3.8, 4) is 0 Å². The molecule has 0 aliphatic heterocycles. The summed E-state index contributed by atoms with van der Waals surface area (Å²) < 4.78 is 0. The number of benzene rings is 1. The minimum Gasteiger partial charge on any atom is -0.377 e. The van der Waals surface area contributed by atoms with Gasteiger partial charge in [-0.2, -0.15) is 0 Å². The van der Waals surface area contributed by atoms with Crippen molar-refractivity contribution >= 4 is 22.7 Å². The summed E-state index contributed by atoms with van der Waals surface area (Å²) >= 11 is 1.68. The van der Waals surface area contributed by atoms with E-state index in [1.165, 1.54) is 4.88 Å². The third kappa shape index (κ3) is 3.21. The molecule has 0 saturated carbocycles. The molecule has 0 saturated heterocycles. The normalized spacial score (nSPS) is 12.2. The largest absolute Gasteiger partial charge is 0.377 e. The Kier molecular flexibility index (Phi) is 4.27. The molecule has 21 heavy (non-hydrogen) atoms. The van der Waals surface area contributed by atoms with Crippen LogP contribution in [-0.2, 0) is 0 Å². The van der Waals surface area contributed by atoms with Gasteiger partial charge in [-0.3, -0.25) is 10.1 Å². The molecular formula is C15H19N3O2S. The highest BCUT2D eigenvalue weighted by molar-refractivity contribution is 7.11. The zero-order valence-corrected chi connectivity index (χ0v) is 13.7. The maximum absolute atomic E-state index is 11.0. The Morgan fingerprint density at radius 2 is 1.90 bits per heavy atom. The number of aromatic nitrogens is 1. The van der Waals surface area contributed by atoms with Gasteiger partial charge in [0.15, 0.2) is 0 Å². The number of nitro groups is 1. The summed E-state index contributed by atoms with van der Waals surface area (Å²) in [7, 11) is 0. The second-order valence-electron chi connectivity index (χ2n) is 5.25. The lowest BCUT2D eigenvalue weighted by Crippen LogP contribution is -2.10. The average molecular weight is 305 g/mol. The lowest BCUT2D eigenvalue weighted by molar-refractivity contribution is -0.385. The van der Waals surface area contributed by atoms with Crippen molar-refractivity contribution in [1.29, 1.82) is 0 Å². The van der Waals surface area contributed by atoms with E-state index in [-0.39, 0.29) is 16.7 Å². The first-order valence-electron chi connectivity index (χ1n) is 6.75. The molecule has 1 heterocycles. The third-order valence-electron chi connectivity index (χ3n) is 3.46. The SMILES string of the molecule is Cc1nc(C(C)Nc2cc(C)c([N+](=O)[O-])cc2C)c(C)s1. The molecule has 5 nitrogen and oxygen atoms in total. The van der Waals surface area contributed by atoms with Gasteiger partial charge in [0, 0.05) is 22.2 Å². The highest BCUT2D eigenvalue weighted by Gasteiger charge is 2.17. The molecule has 2 rings (SSSR count). The van der Waals surface area contributed by atoms with Crippen LogP contribution in [0.25, 0.3) is 0 Å². The van der Waals surface area contributed by atoms with Crippen LogP contribution in [0.15, 0.2) is 12.1 Å². The van der Waals surface area contributed by atoms with E-state index in [4.69, 9.17) is 0 Å². The van der Waals surface area contributed by atoms with Crippen molar-refractivity contribution in [3.05, 3.63) is 49.0 Å². The van der Waals surface area contributed by atoms with Crippen LogP contribution in [0, 0.1) is 37.8 Å². The number of hydrogen-bond acceptors (Lipinski definition) is 5. The number of nitrogens with zero attached hydrogens (tertiary/aromatic N) is 2. The number of aryl methyl sites for hydroxylation is 4. The molecule has 0 fully saturated rings. The van der Waals surface area contributed by atoms with E-state index in [1.54, 1.807) is 24.3 Å². The lowest BCUT2D eigenvalue weighted by Gasteiger charge is -2.17. The van der Waals surface area contributed by atoms with Crippen LogP contribution >= 0.6 is 11.3 Å². The van der Waals surface area contributed by atoms with Crippen LogP contribution in [-0.4, -0.2) is 9.91 Å². The highest BCUT2D eigenvalue weighted by atomic mass is 32.1. The van der Waals surface area contributed by atoms with Crippen molar-refractivity contribution in [1.82, 2.24) is 4.98 Å². The van der Waals surface area contributed by atoms with Crippen LogP contribution in [0.2, 0.25) is 0 Å². The van der Waals surface area contributed by atoms with E-state index >= 15 is 0 Å². The first-order chi connectivity index (χ1) is 9.79. The molecule has 1 aromatic carbocycles. The first-order valence-corrected chi connectivity index (χ1v) is 7.57. The molecule has 2 aromatic rings. The molecule has 1 unspecified atom stereocenters. The Bertz CT molecular complexity index is 694. The van der Waals surface area contributed by atoms with Crippen LogP contribution in [0.5, 0.6) is 0 Å². The third-order valence-corrected chi connectivity index (χ3v) is 4.36. The predicted octanol–water partition coefficient (Wildman–Crippen LogP) is 4.46. The van der Waals surface area contributed by atoms with Gasteiger partial charge in [-0.05, 0) is 46.2 Å². The first kappa shape index (κ1) is 15.4. The van der Waals surface area contributed by atoms with Crippen molar-refractivity contribution in [3.63, 3.8) is 0 Å². The Morgan fingerprint density at radius 3 is 2.43 bits per heavy atom. The van der Waals surface area contributed by atoms with E-state index in [0.717, 1.165) is 22.0 Å². The summed E-state index contributed by atoms with van der Waals surface area (Å²) in [5.74, 6) is 0. The Labute approximate surface area is 128 Å². The minimum absolute atomic E-state index is 0.0644. The van der Waals surface area contributed by atoms with Gasteiger partial charge in [-0.15, -0.1) is 11.3 Å². The summed E-state index contributed by atoms with van der Waals surface area (Å²) in [6.07, 6.45) is 0. The standard InChI is InChI=1S/C15H19N3O2S/c1-8-7-14(18(19)20)9(2)6-13(8)16-10(3)15-11(4)21-12(5)17-15/h6-7,10,16H,1-5H3. The van der Waals surface area contributed by atoms with Crippen LogP contribution < -0.4 is 5.32 Å². The van der Waals surface area contributed by atoms with Gasteiger partial charge in [0.1, 0.15) is 0 Å². The minimum atomic E-state index is -0.344. The smallest absolute Gasteiger partial charge is 0.272 e. The second-order valence-corrected chi connectivity index (χ2v) is 6.66. The molecule has 0 radical (unpaired) electrons. The van der Waals surface area contributed by atoms with Gasteiger partial charge >= 0.3 is 0 Å². The van der Waals surface area contributed by atoms with E-state index < -0.39 is 0 Å². The molecule has 0 bridgehead atoms. The van der Waals surface area contributed by atoms with Gasteiger partial charge in [-0.1, -0.05) is 0 Å². The molecule has 112 valence electrons. The fraction of sp³-hybridized carbons (Fsp3) is 0.400. The van der Waals surface area contributed by atoms with Gasteiger partial charge in [-0.25, -0.2) is 4.98 Å². The quantitative estimate of drug-likeness (QED) is 0.669. The molecule has 0 amide bonds. The number of nitro benzene ring substituents is 1. The molecule has 6 heteroatoms. The molecular weight excluding hydrogens is 286 g/mol. The van der Waals surface area contributed by atoms with Crippen molar-refractivity contribution in [2.45, 2.75) is 40.7 Å². The summed E-state index contributed by atoms with van der Waals surface area (Å²) in [5, 5.41) is 15.4. The van der Waals surface area contributed by atoms with Gasteiger partial charge < -0.3 is 5.32 Å². The maximum Gasteiger partial charge on any atom is 0.272 e. The number of hydrogen-bond donors (Lipinski definition) is 1. The Balaban J connectivity index is 2.29. The molecule has 1 N–H and O–H groups in total. The summed E-state index contributed by atoms with van der Waals surface area (Å²) in [6.45, 7) is 9.74. The van der Waals surface area contributed by atoms with Gasteiger partial charge in [0.2, 0.25) is 0 Å². The fourth-order valence-corrected chi connectivity index (χ4v) is 3.32. The fourth-order valence-electron chi connectivity index (χ4n) is 2.40. The predicted molar refractivity (Wildman–Crippen MR) is 86.2 cm³/mol. The summed E-state index contributed by atoms with van der Waals surface area (Å²) in [4.78, 5) is 16.4. The maximum atomic E-state index is 11.0. The van der Waals surface area contributed by atoms with Gasteiger partial charge in [0.25, 0.3) is 5.69 Å². The van der Waals surface area contributed by atoms with Crippen molar-refractivity contribution in [2.24, 2.45) is 0 Å². The summed E-state index contributed by atoms with van der Waals surface area (Å²) in [5.41, 5.74) is 3.63. The number of nitrogens with one attached hydrogen (secondary N) is 1. The van der Waals surface area contributed by atoms with Crippen LogP contribution in [0.4, 0.5) is 11.4 Å². The van der Waals surface area contributed by atoms with Gasteiger partial charge in [0.05, 0.1) is 21.7 Å². The Hall–Kier alpha value is -1.95. The van der Waals surface area contributed by atoms with Crippen LogP contribution in [0.3, 0.4) is 0 Å². The molecule has 0 aliphatic rings. The molecule has 0 spiro atoms. The molecule has 1 aromatic heterocycles. The van der Waals surface area contributed by atoms with E-state index in [1.807, 2.05) is 19.9 Å². The lowest BCUT2D eigenvalue weighted by atomic mass is 10.1. The zero-order valence-electron chi connectivity index (χ0n) is 12.9. The van der Waals surface area contributed by atoms with Crippen molar-refractivity contribution in [2.75, 3.05) is 5.32 Å². The number of thiazole rings is 1. The topological polar surface area (TPSA) is 68.1 Å². The van der Waals surface area contributed by atoms with E-state index in [0.29, 0.717) is 5.56 Å². The number of anilines is 1. The summed E-state index contributed by atoms with van der Waals surface area (Å²) in [6, 6.07) is 3.51. The zero-order chi connectivity index (χ0) is 15.7. The Morgan fingerprint density at radius 1 is 1.24 bits per heavy atom. The second kappa shape index (κ2) is 5.81. The van der Waals surface area contributed by atoms with Crippen LogP contribution in [0.1, 0.15) is 39.7 Å².